The van der Waals surface area contributed by atoms with E-state index >= 15 is 0 Å². The number of carbonyl (C=O) groups excluding carboxylic acids is 1. The number of nitrogens with zero attached hydrogens (tertiary/aromatic N) is 7. The highest BCUT2D eigenvalue weighted by Gasteiger charge is 2.25. The second-order valence-corrected chi connectivity index (χ2v) is 6.56. The molecule has 1 amide bonds. The van der Waals surface area contributed by atoms with Gasteiger partial charge in [0.05, 0.1) is 0 Å². The summed E-state index contributed by atoms with van der Waals surface area (Å²) in [5.74, 6) is 1.67. The molecule has 4 heterocycles. The lowest BCUT2D eigenvalue weighted by molar-refractivity contribution is -0.125. The molecule has 3 aromatic heterocycles. The van der Waals surface area contributed by atoms with Gasteiger partial charge in [-0.3, -0.25) is 4.79 Å². The van der Waals surface area contributed by atoms with Gasteiger partial charge in [0.25, 0.3) is 0 Å². The van der Waals surface area contributed by atoms with Crippen LogP contribution in [-0.2, 0) is 11.3 Å². The molecule has 1 N–H and O–H groups in total. The fourth-order valence-corrected chi connectivity index (χ4v) is 3.28. The van der Waals surface area contributed by atoms with Crippen molar-refractivity contribution in [2.75, 3.05) is 24.5 Å². The zero-order valence-electron chi connectivity index (χ0n) is 15.0. The average Bonchev–Trinajstić information content (AvgIpc) is 3.42. The van der Waals surface area contributed by atoms with E-state index in [0.29, 0.717) is 12.4 Å². The van der Waals surface area contributed by atoms with Gasteiger partial charge in [-0.15, -0.1) is 10.2 Å². The summed E-state index contributed by atoms with van der Waals surface area (Å²) in [6, 6.07) is 7.77. The second-order valence-electron chi connectivity index (χ2n) is 6.56. The Bertz CT molecular complexity index is 836. The van der Waals surface area contributed by atoms with Crippen LogP contribution in [0.5, 0.6) is 0 Å². The van der Waals surface area contributed by atoms with Crippen molar-refractivity contribution in [3.05, 3.63) is 49.3 Å². The lowest BCUT2D eigenvalue weighted by atomic mass is 9.96. The smallest absolute Gasteiger partial charge is 0.223 e. The standard InChI is InChI=1S/C18H22N8O/c27-18(20-7-12-24-8-1-2-9-24)15-5-10-25(11-6-15)16-3-4-17(23-22-16)26-14-19-13-21-26/h1-4,8-9,13-15H,5-7,10-12H2,(H,20,27). The molecule has 9 heteroatoms. The minimum Gasteiger partial charge on any atom is -0.355 e. The molecule has 0 spiro atoms. The van der Waals surface area contributed by atoms with Gasteiger partial charge in [0.15, 0.2) is 11.6 Å². The van der Waals surface area contributed by atoms with Gasteiger partial charge in [-0.1, -0.05) is 0 Å². The van der Waals surface area contributed by atoms with E-state index in [1.54, 1.807) is 11.0 Å². The van der Waals surface area contributed by atoms with E-state index in [1.165, 1.54) is 6.33 Å². The Morgan fingerprint density at radius 1 is 1.11 bits per heavy atom. The van der Waals surface area contributed by atoms with Crippen LogP contribution in [0.3, 0.4) is 0 Å². The number of rotatable bonds is 6. The molecule has 9 nitrogen and oxygen atoms in total. The normalized spacial score (nSPS) is 15.0. The van der Waals surface area contributed by atoms with Crippen LogP contribution in [0.25, 0.3) is 5.82 Å². The largest absolute Gasteiger partial charge is 0.355 e. The molecule has 1 aliphatic rings. The van der Waals surface area contributed by atoms with Crippen molar-refractivity contribution >= 4 is 11.7 Å². The third-order valence-corrected chi connectivity index (χ3v) is 4.82. The van der Waals surface area contributed by atoms with Crippen LogP contribution in [-0.4, -0.2) is 55.1 Å². The molecule has 0 saturated carbocycles. The van der Waals surface area contributed by atoms with E-state index in [0.717, 1.165) is 38.3 Å². The fourth-order valence-electron chi connectivity index (χ4n) is 3.28. The zero-order chi connectivity index (χ0) is 18.5. The lowest BCUT2D eigenvalue weighted by Gasteiger charge is -2.31. The maximum absolute atomic E-state index is 12.4. The number of hydrogen-bond donors (Lipinski definition) is 1. The summed E-state index contributed by atoms with van der Waals surface area (Å²) in [7, 11) is 0. The maximum Gasteiger partial charge on any atom is 0.223 e. The van der Waals surface area contributed by atoms with Gasteiger partial charge in [0.1, 0.15) is 12.7 Å². The molecule has 1 fully saturated rings. The van der Waals surface area contributed by atoms with E-state index in [1.807, 2.05) is 36.7 Å². The van der Waals surface area contributed by atoms with Crippen LogP contribution in [0.15, 0.2) is 49.3 Å². The molecule has 4 rings (SSSR count). The van der Waals surface area contributed by atoms with Crippen LogP contribution in [0.2, 0.25) is 0 Å². The minimum absolute atomic E-state index is 0.0632. The number of amides is 1. The van der Waals surface area contributed by atoms with Crippen LogP contribution in [0, 0.1) is 5.92 Å². The number of carbonyl (C=O) groups is 1. The van der Waals surface area contributed by atoms with E-state index in [-0.39, 0.29) is 11.8 Å². The van der Waals surface area contributed by atoms with E-state index in [9.17, 15) is 4.79 Å². The van der Waals surface area contributed by atoms with Crippen molar-refractivity contribution in [1.82, 2.24) is 34.8 Å². The number of anilines is 1. The van der Waals surface area contributed by atoms with Crippen molar-refractivity contribution in [1.29, 1.82) is 0 Å². The first-order valence-electron chi connectivity index (χ1n) is 9.12. The van der Waals surface area contributed by atoms with Gasteiger partial charge in [0, 0.05) is 44.5 Å². The Kier molecular flexibility index (Phi) is 5.08. The van der Waals surface area contributed by atoms with Gasteiger partial charge in [0.2, 0.25) is 5.91 Å². The average molecular weight is 366 g/mol. The monoisotopic (exact) mass is 366 g/mol. The summed E-state index contributed by atoms with van der Waals surface area (Å²) < 4.78 is 3.63. The maximum atomic E-state index is 12.4. The second kappa shape index (κ2) is 7.98. The van der Waals surface area contributed by atoms with Crippen LogP contribution < -0.4 is 10.2 Å². The number of nitrogens with one attached hydrogen (secondary N) is 1. The summed E-state index contributed by atoms with van der Waals surface area (Å²) >= 11 is 0. The molecular formula is C18H22N8O. The molecule has 0 atom stereocenters. The summed E-state index contributed by atoms with van der Waals surface area (Å²) in [6.45, 7) is 3.05. The third-order valence-electron chi connectivity index (χ3n) is 4.82. The molecule has 0 aromatic carbocycles. The van der Waals surface area contributed by atoms with E-state index in [2.05, 4.69) is 35.1 Å². The molecule has 1 aliphatic heterocycles. The number of piperidine rings is 1. The minimum atomic E-state index is 0.0632. The third kappa shape index (κ3) is 4.13. The van der Waals surface area contributed by atoms with Crippen LogP contribution >= 0.6 is 0 Å². The summed E-state index contributed by atoms with van der Waals surface area (Å²) in [4.78, 5) is 18.4. The van der Waals surface area contributed by atoms with Gasteiger partial charge >= 0.3 is 0 Å². The first-order chi connectivity index (χ1) is 13.3. The van der Waals surface area contributed by atoms with Crippen molar-refractivity contribution in [3.63, 3.8) is 0 Å². The molecular weight excluding hydrogens is 344 g/mol. The van der Waals surface area contributed by atoms with Crippen molar-refractivity contribution in [3.8, 4) is 5.82 Å². The van der Waals surface area contributed by atoms with Crippen LogP contribution in [0.4, 0.5) is 5.82 Å². The predicted octanol–water partition coefficient (Wildman–Crippen LogP) is 0.892. The molecule has 1 saturated heterocycles. The Morgan fingerprint density at radius 2 is 1.85 bits per heavy atom. The van der Waals surface area contributed by atoms with Crippen molar-refractivity contribution < 1.29 is 4.79 Å². The summed E-state index contributed by atoms with van der Waals surface area (Å²) in [5.41, 5.74) is 0. The summed E-state index contributed by atoms with van der Waals surface area (Å²) in [6.07, 6.45) is 8.69. The highest BCUT2D eigenvalue weighted by molar-refractivity contribution is 5.78. The Morgan fingerprint density at radius 3 is 2.52 bits per heavy atom. The van der Waals surface area contributed by atoms with Gasteiger partial charge in [-0.2, -0.15) is 5.10 Å². The summed E-state index contributed by atoms with van der Waals surface area (Å²) in [5, 5.41) is 15.6. The molecule has 0 bridgehead atoms. The lowest BCUT2D eigenvalue weighted by Crippen LogP contribution is -2.41. The van der Waals surface area contributed by atoms with E-state index < -0.39 is 0 Å². The molecule has 3 aromatic rings. The van der Waals surface area contributed by atoms with E-state index in [4.69, 9.17) is 0 Å². The molecule has 0 unspecified atom stereocenters. The van der Waals surface area contributed by atoms with Crippen LogP contribution in [0.1, 0.15) is 12.8 Å². The quantitative estimate of drug-likeness (QED) is 0.696. The molecule has 0 aliphatic carbocycles. The number of aromatic nitrogens is 6. The zero-order valence-corrected chi connectivity index (χ0v) is 15.0. The molecule has 140 valence electrons. The highest BCUT2D eigenvalue weighted by atomic mass is 16.1. The fraction of sp³-hybridized carbons (Fsp3) is 0.389. The van der Waals surface area contributed by atoms with Crippen molar-refractivity contribution in [2.24, 2.45) is 5.92 Å². The Hall–Kier alpha value is -3.23. The topological polar surface area (TPSA) is 93.8 Å². The van der Waals surface area contributed by atoms with Gasteiger partial charge < -0.3 is 14.8 Å². The SMILES string of the molecule is O=C(NCCn1cccc1)C1CCN(c2ccc(-n3cncn3)nn2)CC1. The Labute approximate surface area is 157 Å². The molecule has 27 heavy (non-hydrogen) atoms. The number of hydrogen-bond acceptors (Lipinski definition) is 6. The highest BCUT2D eigenvalue weighted by Crippen LogP contribution is 2.21. The van der Waals surface area contributed by atoms with Gasteiger partial charge in [-0.25, -0.2) is 9.67 Å². The Balaban J connectivity index is 1.25. The predicted molar refractivity (Wildman–Crippen MR) is 99.3 cm³/mol. The molecule has 0 radical (unpaired) electrons. The first kappa shape index (κ1) is 17.2. The van der Waals surface area contributed by atoms with Crippen molar-refractivity contribution in [2.45, 2.75) is 19.4 Å². The first-order valence-corrected chi connectivity index (χ1v) is 9.12. The van der Waals surface area contributed by atoms with Gasteiger partial charge in [-0.05, 0) is 37.1 Å².